The smallest absolute Gasteiger partial charge is 0.341 e. The molecule has 1 aliphatic carbocycles. The molecule has 0 radical (unpaired) electrons. The number of nitrogens with one attached hydrogen (secondary N) is 1. The van der Waals surface area contributed by atoms with Crippen LogP contribution in [0.1, 0.15) is 51.6 Å². The first-order chi connectivity index (χ1) is 11.3. The van der Waals surface area contributed by atoms with E-state index in [1.807, 2.05) is 26.0 Å². The lowest BCUT2D eigenvalue weighted by atomic mass is 9.76. The van der Waals surface area contributed by atoms with Crippen molar-refractivity contribution in [2.24, 2.45) is 5.41 Å². The number of amides is 1. The predicted molar refractivity (Wildman–Crippen MR) is 91.8 cm³/mol. The molecule has 2 rings (SSSR count). The summed E-state index contributed by atoms with van der Waals surface area (Å²) >= 11 is 0. The van der Waals surface area contributed by atoms with E-state index in [1.54, 1.807) is 12.1 Å². The number of carbonyl (C=O) groups is 2. The summed E-state index contributed by atoms with van der Waals surface area (Å²) in [6.45, 7) is 5.70. The van der Waals surface area contributed by atoms with E-state index in [2.05, 4.69) is 18.3 Å². The molecule has 0 bridgehead atoms. The van der Waals surface area contributed by atoms with Crippen LogP contribution in [0.25, 0.3) is 0 Å². The predicted octanol–water partition coefficient (Wildman–Crippen LogP) is 3.46. The number of aliphatic carboxylic acids is 1. The molecule has 0 aliphatic heterocycles. The maximum absolute atomic E-state index is 12.6. The average molecular weight is 331 g/mol. The molecule has 0 spiro atoms. The van der Waals surface area contributed by atoms with Gasteiger partial charge in [0.15, 0.2) is 6.61 Å². The van der Waals surface area contributed by atoms with Crippen LogP contribution in [0, 0.1) is 5.41 Å². The molecule has 5 heteroatoms. The first-order valence-electron chi connectivity index (χ1n) is 8.21. The van der Waals surface area contributed by atoms with E-state index >= 15 is 0 Å². The Hall–Kier alpha value is -2.30. The molecule has 24 heavy (non-hydrogen) atoms. The van der Waals surface area contributed by atoms with Crippen molar-refractivity contribution in [3.8, 4) is 5.75 Å². The zero-order valence-corrected chi connectivity index (χ0v) is 14.5. The monoisotopic (exact) mass is 331 g/mol. The summed E-state index contributed by atoms with van der Waals surface area (Å²) in [6.07, 6.45) is 4.77. The van der Waals surface area contributed by atoms with Gasteiger partial charge in [0.25, 0.3) is 0 Å². The Bertz CT molecular complexity index is 635. The molecule has 2 unspecified atom stereocenters. The molecule has 1 aromatic carbocycles. The molecule has 0 saturated heterocycles. The molecule has 0 saturated carbocycles. The highest BCUT2D eigenvalue weighted by atomic mass is 16.5. The lowest BCUT2D eigenvalue weighted by Gasteiger charge is -2.32. The van der Waals surface area contributed by atoms with Crippen LogP contribution >= 0.6 is 0 Å². The number of carboxylic acids is 1. The topological polar surface area (TPSA) is 75.6 Å². The van der Waals surface area contributed by atoms with Gasteiger partial charge >= 0.3 is 5.97 Å². The quantitative estimate of drug-likeness (QED) is 0.783. The Morgan fingerprint density at radius 2 is 2.00 bits per heavy atom. The summed E-state index contributed by atoms with van der Waals surface area (Å²) < 4.78 is 5.11. The first-order valence-corrected chi connectivity index (χ1v) is 8.21. The largest absolute Gasteiger partial charge is 0.482 e. The number of carboxylic acid groups (broad SMARTS) is 1. The molecule has 2 N–H and O–H groups in total. The van der Waals surface area contributed by atoms with Gasteiger partial charge in [-0.1, -0.05) is 30.7 Å². The first kappa shape index (κ1) is 18.0. The van der Waals surface area contributed by atoms with Crippen LogP contribution in [0.2, 0.25) is 0 Å². The van der Waals surface area contributed by atoms with Crippen LogP contribution in [0.4, 0.5) is 0 Å². The lowest BCUT2D eigenvalue weighted by Crippen LogP contribution is -2.40. The van der Waals surface area contributed by atoms with E-state index in [9.17, 15) is 9.59 Å². The number of ether oxygens (including phenoxy) is 1. The minimum atomic E-state index is -1.01. The van der Waals surface area contributed by atoms with Crippen molar-refractivity contribution < 1.29 is 19.4 Å². The van der Waals surface area contributed by atoms with Crippen molar-refractivity contribution >= 4 is 11.9 Å². The molecule has 1 amide bonds. The molecular weight excluding hydrogens is 306 g/mol. The van der Waals surface area contributed by atoms with Gasteiger partial charge in [0.05, 0.1) is 11.5 Å². The van der Waals surface area contributed by atoms with Crippen molar-refractivity contribution in [2.45, 2.75) is 46.1 Å². The second-order valence-electron chi connectivity index (χ2n) is 6.76. The van der Waals surface area contributed by atoms with E-state index in [4.69, 9.17) is 9.84 Å². The number of carbonyl (C=O) groups excluding carboxylic acids is 1. The highest BCUT2D eigenvalue weighted by Gasteiger charge is 2.34. The Morgan fingerprint density at radius 1 is 1.33 bits per heavy atom. The van der Waals surface area contributed by atoms with Crippen LogP contribution < -0.4 is 10.1 Å². The van der Waals surface area contributed by atoms with Gasteiger partial charge in [-0.05, 0) is 50.8 Å². The highest BCUT2D eigenvalue weighted by molar-refractivity contribution is 5.83. The summed E-state index contributed by atoms with van der Waals surface area (Å²) in [4.78, 5) is 23.1. The molecule has 0 aromatic heterocycles. The summed E-state index contributed by atoms with van der Waals surface area (Å²) in [5.41, 5.74) is 1.96. The fourth-order valence-corrected chi connectivity index (χ4v) is 2.73. The van der Waals surface area contributed by atoms with Crippen molar-refractivity contribution in [1.29, 1.82) is 0 Å². The van der Waals surface area contributed by atoms with Crippen LogP contribution in [-0.2, 0) is 9.59 Å². The molecule has 0 heterocycles. The molecule has 1 aliphatic rings. The fourth-order valence-electron chi connectivity index (χ4n) is 2.73. The van der Waals surface area contributed by atoms with Crippen LogP contribution in [-0.4, -0.2) is 23.6 Å². The lowest BCUT2D eigenvalue weighted by molar-refractivity contribution is -0.139. The summed E-state index contributed by atoms with van der Waals surface area (Å²) in [5.74, 6) is -0.436. The molecule has 130 valence electrons. The summed E-state index contributed by atoms with van der Waals surface area (Å²) in [5, 5.41) is 11.7. The summed E-state index contributed by atoms with van der Waals surface area (Å²) in [7, 11) is 0. The van der Waals surface area contributed by atoms with Crippen LogP contribution in [0.3, 0.4) is 0 Å². The molecule has 2 atom stereocenters. The SMILES string of the molecule is CC1=CCC(C)(C(=O)NC(C)c2ccc(OCC(=O)O)cc2)CC1. The third-order valence-electron chi connectivity index (χ3n) is 4.61. The average Bonchev–Trinajstić information content (AvgIpc) is 2.56. The van der Waals surface area contributed by atoms with E-state index in [1.165, 1.54) is 5.57 Å². The third-order valence-corrected chi connectivity index (χ3v) is 4.61. The van der Waals surface area contributed by atoms with Gasteiger partial charge in [-0.3, -0.25) is 4.79 Å². The highest BCUT2D eigenvalue weighted by Crippen LogP contribution is 2.35. The van der Waals surface area contributed by atoms with Gasteiger partial charge in [0.2, 0.25) is 5.91 Å². The molecule has 5 nitrogen and oxygen atoms in total. The molecule has 1 aromatic rings. The van der Waals surface area contributed by atoms with Gasteiger partial charge in [0.1, 0.15) is 5.75 Å². The number of hydrogen-bond donors (Lipinski definition) is 2. The Morgan fingerprint density at radius 3 is 2.54 bits per heavy atom. The van der Waals surface area contributed by atoms with E-state index in [0.29, 0.717) is 5.75 Å². The number of allylic oxidation sites excluding steroid dienone is 2. The van der Waals surface area contributed by atoms with Gasteiger partial charge in [-0.25, -0.2) is 4.79 Å². The maximum Gasteiger partial charge on any atom is 0.341 e. The standard InChI is InChI=1S/C19H25NO4/c1-13-8-10-19(3,11-9-13)18(23)20-14(2)15-4-6-16(7-5-15)24-12-17(21)22/h4-8,14H,9-12H2,1-3H3,(H,20,23)(H,21,22). The maximum atomic E-state index is 12.6. The van der Waals surface area contributed by atoms with Gasteiger partial charge < -0.3 is 15.2 Å². The molecule has 0 fully saturated rings. The second kappa shape index (κ2) is 7.51. The number of benzene rings is 1. The van der Waals surface area contributed by atoms with E-state index in [0.717, 1.165) is 24.8 Å². The normalized spacial score (nSPS) is 21.5. The number of hydrogen-bond acceptors (Lipinski definition) is 3. The third kappa shape index (κ3) is 4.60. The van der Waals surface area contributed by atoms with E-state index < -0.39 is 5.97 Å². The summed E-state index contributed by atoms with van der Waals surface area (Å²) in [6, 6.07) is 7.00. The Kier molecular flexibility index (Phi) is 5.65. The van der Waals surface area contributed by atoms with E-state index in [-0.39, 0.29) is 24.0 Å². The Labute approximate surface area is 142 Å². The van der Waals surface area contributed by atoms with Gasteiger partial charge in [0, 0.05) is 0 Å². The zero-order valence-electron chi connectivity index (χ0n) is 14.5. The molecular formula is C19H25NO4. The minimum absolute atomic E-state index is 0.0740. The van der Waals surface area contributed by atoms with Crippen LogP contribution in [0.5, 0.6) is 5.75 Å². The van der Waals surface area contributed by atoms with Crippen molar-refractivity contribution in [3.63, 3.8) is 0 Å². The van der Waals surface area contributed by atoms with Gasteiger partial charge in [-0.15, -0.1) is 0 Å². The van der Waals surface area contributed by atoms with Crippen LogP contribution in [0.15, 0.2) is 35.9 Å². The fraction of sp³-hybridized carbons (Fsp3) is 0.474. The minimum Gasteiger partial charge on any atom is -0.482 e. The second-order valence-corrected chi connectivity index (χ2v) is 6.76. The Balaban J connectivity index is 1.95. The van der Waals surface area contributed by atoms with Gasteiger partial charge in [-0.2, -0.15) is 0 Å². The van der Waals surface area contributed by atoms with Crippen molar-refractivity contribution in [3.05, 3.63) is 41.5 Å². The zero-order chi connectivity index (χ0) is 17.7. The van der Waals surface area contributed by atoms with Crippen molar-refractivity contribution in [2.75, 3.05) is 6.61 Å². The number of rotatable bonds is 6. The van der Waals surface area contributed by atoms with Crippen molar-refractivity contribution in [1.82, 2.24) is 5.32 Å².